The van der Waals surface area contributed by atoms with Gasteiger partial charge in [-0.15, -0.1) is 0 Å². The van der Waals surface area contributed by atoms with E-state index in [-0.39, 0.29) is 34.2 Å². The summed E-state index contributed by atoms with van der Waals surface area (Å²) in [5.41, 5.74) is 0. The molecular weight excluding hydrogens is 304 g/mol. The maximum Gasteiger partial charge on any atom is 0.257 e. The first kappa shape index (κ1) is 16.7. The van der Waals surface area contributed by atoms with Crippen LogP contribution in [0.15, 0.2) is 23.1 Å². The summed E-state index contributed by atoms with van der Waals surface area (Å²) in [5.74, 6) is -0.0574. The number of likely N-dealkylation sites (N-methyl/N-ethyl adjacent to an activating group) is 1. The Balaban J connectivity index is 2.90. The molecule has 0 aliphatic rings. The number of nitrogens with one attached hydrogen (secondary N) is 2. The van der Waals surface area contributed by atoms with Gasteiger partial charge in [-0.25, -0.2) is 13.1 Å². The third-order valence-electron chi connectivity index (χ3n) is 2.24. The van der Waals surface area contributed by atoms with Gasteiger partial charge in [-0.2, -0.15) is 0 Å². The van der Waals surface area contributed by atoms with Crippen molar-refractivity contribution in [3.63, 3.8) is 0 Å². The Morgan fingerprint density at radius 1 is 1.40 bits per heavy atom. The Bertz CT molecular complexity index is 587. The number of amides is 1. The number of carbonyl (C=O) groups is 1. The molecule has 0 aliphatic carbocycles. The van der Waals surface area contributed by atoms with E-state index in [0.717, 1.165) is 0 Å². The van der Waals surface area contributed by atoms with Crippen molar-refractivity contribution in [3.05, 3.63) is 23.2 Å². The van der Waals surface area contributed by atoms with Gasteiger partial charge in [-0.05, 0) is 32.0 Å². The standard InChI is InChI=1S/C12H17ClN2O4S/c1-8(2)15-20(17,18)9-4-5-11(10(13)6-9)19-7-12(16)14-3/h4-6,8,15H,7H2,1-3H3,(H,14,16). The zero-order chi connectivity index (χ0) is 15.3. The van der Waals surface area contributed by atoms with Crippen LogP contribution in [0.4, 0.5) is 0 Å². The zero-order valence-electron chi connectivity index (χ0n) is 11.4. The summed E-state index contributed by atoms with van der Waals surface area (Å²) in [6, 6.07) is 3.85. The first-order valence-electron chi connectivity index (χ1n) is 5.91. The number of ether oxygens (including phenoxy) is 1. The fraction of sp³-hybridized carbons (Fsp3) is 0.417. The molecule has 8 heteroatoms. The van der Waals surface area contributed by atoms with E-state index in [9.17, 15) is 13.2 Å². The highest BCUT2D eigenvalue weighted by atomic mass is 35.5. The molecule has 0 saturated carbocycles. The minimum absolute atomic E-state index is 0.0449. The average Bonchev–Trinajstić information content (AvgIpc) is 2.35. The van der Waals surface area contributed by atoms with Crippen LogP contribution in [-0.2, 0) is 14.8 Å². The third kappa shape index (κ3) is 4.66. The molecule has 0 fully saturated rings. The van der Waals surface area contributed by atoms with Gasteiger partial charge >= 0.3 is 0 Å². The molecule has 112 valence electrons. The van der Waals surface area contributed by atoms with E-state index in [4.69, 9.17) is 16.3 Å². The molecule has 1 aromatic carbocycles. The molecule has 1 aromatic rings. The van der Waals surface area contributed by atoms with Crippen molar-refractivity contribution in [2.75, 3.05) is 13.7 Å². The summed E-state index contributed by atoms with van der Waals surface area (Å²) >= 11 is 5.95. The van der Waals surface area contributed by atoms with Crippen LogP contribution in [-0.4, -0.2) is 34.0 Å². The van der Waals surface area contributed by atoms with Crippen LogP contribution in [0.1, 0.15) is 13.8 Å². The maximum absolute atomic E-state index is 11.9. The SMILES string of the molecule is CNC(=O)COc1ccc(S(=O)(=O)NC(C)C)cc1Cl. The molecule has 1 amide bonds. The van der Waals surface area contributed by atoms with Crippen molar-refractivity contribution >= 4 is 27.5 Å². The van der Waals surface area contributed by atoms with Gasteiger partial charge in [0.2, 0.25) is 10.0 Å². The van der Waals surface area contributed by atoms with Crippen LogP contribution < -0.4 is 14.8 Å². The van der Waals surface area contributed by atoms with Crippen molar-refractivity contribution < 1.29 is 17.9 Å². The fourth-order valence-corrected chi connectivity index (χ4v) is 2.94. The Morgan fingerprint density at radius 2 is 2.05 bits per heavy atom. The number of benzene rings is 1. The molecule has 20 heavy (non-hydrogen) atoms. The molecule has 2 N–H and O–H groups in total. The molecule has 0 radical (unpaired) electrons. The molecule has 0 aliphatic heterocycles. The maximum atomic E-state index is 11.9. The second kappa shape index (κ2) is 6.92. The van der Waals surface area contributed by atoms with Gasteiger partial charge in [0.05, 0.1) is 9.92 Å². The van der Waals surface area contributed by atoms with Crippen molar-refractivity contribution in [1.29, 1.82) is 0 Å². The van der Waals surface area contributed by atoms with Crippen LogP contribution in [0.2, 0.25) is 5.02 Å². The van der Waals surface area contributed by atoms with Crippen LogP contribution >= 0.6 is 11.6 Å². The molecule has 1 rings (SSSR count). The number of hydrogen-bond acceptors (Lipinski definition) is 4. The lowest BCUT2D eigenvalue weighted by Crippen LogP contribution is -2.30. The zero-order valence-corrected chi connectivity index (χ0v) is 13.0. The van der Waals surface area contributed by atoms with E-state index >= 15 is 0 Å². The summed E-state index contributed by atoms with van der Waals surface area (Å²) in [6.07, 6.45) is 0. The molecule has 0 atom stereocenters. The highest BCUT2D eigenvalue weighted by Gasteiger charge is 2.17. The van der Waals surface area contributed by atoms with E-state index in [1.165, 1.54) is 25.2 Å². The Hall–Kier alpha value is -1.31. The molecule has 0 heterocycles. The highest BCUT2D eigenvalue weighted by Crippen LogP contribution is 2.27. The predicted octanol–water partition coefficient (Wildman–Crippen LogP) is 1.15. The quantitative estimate of drug-likeness (QED) is 0.823. The summed E-state index contributed by atoms with van der Waals surface area (Å²) in [7, 11) is -2.12. The first-order valence-corrected chi connectivity index (χ1v) is 7.77. The normalized spacial score (nSPS) is 11.4. The van der Waals surface area contributed by atoms with Crippen molar-refractivity contribution in [2.24, 2.45) is 0 Å². The lowest BCUT2D eigenvalue weighted by molar-refractivity contribution is -0.122. The Labute approximate surface area is 123 Å². The molecule has 0 unspecified atom stereocenters. The molecule has 0 bridgehead atoms. The second-order valence-electron chi connectivity index (χ2n) is 4.33. The van der Waals surface area contributed by atoms with Crippen LogP contribution in [0.3, 0.4) is 0 Å². The fourth-order valence-electron chi connectivity index (χ4n) is 1.36. The minimum atomic E-state index is -3.60. The Kier molecular flexibility index (Phi) is 5.79. The molecule has 0 spiro atoms. The smallest absolute Gasteiger partial charge is 0.257 e. The molecule has 0 aromatic heterocycles. The summed E-state index contributed by atoms with van der Waals surface area (Å²) in [6.45, 7) is 3.26. The Morgan fingerprint density at radius 3 is 2.55 bits per heavy atom. The monoisotopic (exact) mass is 320 g/mol. The highest BCUT2D eigenvalue weighted by molar-refractivity contribution is 7.89. The van der Waals surface area contributed by atoms with Gasteiger partial charge in [0, 0.05) is 13.1 Å². The van der Waals surface area contributed by atoms with Crippen molar-refractivity contribution in [1.82, 2.24) is 10.0 Å². The molecule has 0 saturated heterocycles. The number of carbonyl (C=O) groups excluding carboxylic acids is 1. The summed E-state index contributed by atoms with van der Waals surface area (Å²) in [5, 5.41) is 2.52. The van der Waals surface area contributed by atoms with Crippen LogP contribution in [0, 0.1) is 0 Å². The lowest BCUT2D eigenvalue weighted by Gasteiger charge is -2.11. The van der Waals surface area contributed by atoms with Crippen molar-refractivity contribution in [3.8, 4) is 5.75 Å². The van der Waals surface area contributed by atoms with Crippen LogP contribution in [0.5, 0.6) is 5.75 Å². The number of halogens is 1. The van der Waals surface area contributed by atoms with Gasteiger partial charge in [0.15, 0.2) is 6.61 Å². The number of sulfonamides is 1. The summed E-state index contributed by atoms with van der Waals surface area (Å²) in [4.78, 5) is 11.1. The van der Waals surface area contributed by atoms with Gasteiger partial charge in [0.1, 0.15) is 5.75 Å². The average molecular weight is 321 g/mol. The van der Waals surface area contributed by atoms with Gasteiger partial charge < -0.3 is 10.1 Å². The third-order valence-corrected chi connectivity index (χ3v) is 4.19. The topological polar surface area (TPSA) is 84.5 Å². The van der Waals surface area contributed by atoms with E-state index in [2.05, 4.69) is 10.0 Å². The summed E-state index contributed by atoms with van der Waals surface area (Å²) < 4.78 is 31.5. The van der Waals surface area contributed by atoms with E-state index in [1.54, 1.807) is 13.8 Å². The largest absolute Gasteiger partial charge is 0.482 e. The van der Waals surface area contributed by atoms with Gasteiger partial charge in [-0.1, -0.05) is 11.6 Å². The van der Waals surface area contributed by atoms with Gasteiger partial charge in [0.25, 0.3) is 5.91 Å². The van der Waals surface area contributed by atoms with E-state index in [0.29, 0.717) is 0 Å². The van der Waals surface area contributed by atoms with E-state index in [1.807, 2.05) is 0 Å². The predicted molar refractivity (Wildman–Crippen MR) is 76.5 cm³/mol. The lowest BCUT2D eigenvalue weighted by atomic mass is 10.3. The number of rotatable bonds is 6. The van der Waals surface area contributed by atoms with E-state index < -0.39 is 10.0 Å². The van der Waals surface area contributed by atoms with Crippen LogP contribution in [0.25, 0.3) is 0 Å². The number of hydrogen-bond donors (Lipinski definition) is 2. The van der Waals surface area contributed by atoms with Crippen molar-refractivity contribution in [2.45, 2.75) is 24.8 Å². The first-order chi connectivity index (χ1) is 9.26. The minimum Gasteiger partial charge on any atom is -0.482 e. The molecule has 6 nitrogen and oxygen atoms in total. The second-order valence-corrected chi connectivity index (χ2v) is 6.45. The molecular formula is C12H17ClN2O4S. The van der Waals surface area contributed by atoms with Gasteiger partial charge in [-0.3, -0.25) is 4.79 Å².